The molecule has 1 aromatic heterocycles. The highest BCUT2D eigenvalue weighted by molar-refractivity contribution is 5.91. The molecule has 20 heavy (non-hydrogen) atoms. The minimum absolute atomic E-state index is 0.343. The van der Waals surface area contributed by atoms with E-state index < -0.39 is 0 Å². The Labute approximate surface area is 120 Å². The van der Waals surface area contributed by atoms with Gasteiger partial charge < -0.3 is 0 Å². The molecule has 1 aliphatic heterocycles. The van der Waals surface area contributed by atoms with Crippen molar-refractivity contribution < 1.29 is 4.79 Å². The van der Waals surface area contributed by atoms with Crippen LogP contribution in [0.5, 0.6) is 0 Å². The highest BCUT2D eigenvalue weighted by Gasteiger charge is 2.28. The fraction of sp³-hybridized carbons (Fsp3) is 0.600. The lowest BCUT2D eigenvalue weighted by Crippen LogP contribution is -2.38. The third-order valence-electron chi connectivity index (χ3n) is 4.47. The first-order valence-electron chi connectivity index (χ1n) is 7.25. The number of hydrogen-bond donors (Lipinski definition) is 2. The molecule has 5 nitrogen and oxygen atoms in total. The molecule has 0 aromatic carbocycles. The molecule has 0 bridgehead atoms. The van der Waals surface area contributed by atoms with Gasteiger partial charge >= 0.3 is 0 Å². The summed E-state index contributed by atoms with van der Waals surface area (Å²) in [5, 5.41) is 0. The number of hydrazine groups is 1. The van der Waals surface area contributed by atoms with E-state index in [1.807, 2.05) is 12.1 Å². The van der Waals surface area contributed by atoms with Gasteiger partial charge in [-0.1, -0.05) is 26.3 Å². The molecule has 1 aromatic rings. The van der Waals surface area contributed by atoms with Gasteiger partial charge in [-0.25, -0.2) is 10.8 Å². The van der Waals surface area contributed by atoms with Crippen LogP contribution in [0.25, 0.3) is 0 Å². The zero-order valence-corrected chi connectivity index (χ0v) is 12.4. The second-order valence-electron chi connectivity index (χ2n) is 5.93. The van der Waals surface area contributed by atoms with Gasteiger partial charge in [-0.15, -0.1) is 0 Å². The molecule has 0 radical (unpaired) electrons. The SMILES string of the molecule is CCC1(C)CCN(Cc2cccc(C(=O)NN)n2)CC1. The molecule has 0 saturated carbocycles. The predicted octanol–water partition coefficient (Wildman–Crippen LogP) is 1.70. The van der Waals surface area contributed by atoms with E-state index in [1.54, 1.807) is 6.07 Å². The van der Waals surface area contributed by atoms with Gasteiger partial charge in [0.1, 0.15) is 5.69 Å². The van der Waals surface area contributed by atoms with Crippen LogP contribution in [0, 0.1) is 5.41 Å². The van der Waals surface area contributed by atoms with E-state index in [4.69, 9.17) is 5.84 Å². The van der Waals surface area contributed by atoms with Crippen LogP contribution in [-0.4, -0.2) is 28.9 Å². The number of nitrogens with one attached hydrogen (secondary N) is 1. The maximum Gasteiger partial charge on any atom is 0.283 e. The van der Waals surface area contributed by atoms with Gasteiger partial charge in [0.25, 0.3) is 5.91 Å². The third-order valence-corrected chi connectivity index (χ3v) is 4.47. The Bertz CT molecular complexity index is 467. The molecule has 0 atom stereocenters. The average Bonchev–Trinajstić information content (AvgIpc) is 2.49. The topological polar surface area (TPSA) is 71.2 Å². The monoisotopic (exact) mass is 276 g/mol. The Morgan fingerprint density at radius 3 is 2.75 bits per heavy atom. The van der Waals surface area contributed by atoms with Crippen molar-refractivity contribution in [3.63, 3.8) is 0 Å². The lowest BCUT2D eigenvalue weighted by Gasteiger charge is -2.38. The fourth-order valence-electron chi connectivity index (χ4n) is 2.60. The summed E-state index contributed by atoms with van der Waals surface area (Å²) in [5.41, 5.74) is 3.90. The quantitative estimate of drug-likeness (QED) is 0.499. The minimum Gasteiger partial charge on any atom is -0.297 e. The maximum absolute atomic E-state index is 11.5. The highest BCUT2D eigenvalue weighted by atomic mass is 16.2. The molecule has 0 aliphatic carbocycles. The van der Waals surface area contributed by atoms with Gasteiger partial charge in [0.05, 0.1) is 5.69 Å². The van der Waals surface area contributed by atoms with E-state index in [2.05, 4.69) is 29.2 Å². The van der Waals surface area contributed by atoms with Gasteiger partial charge in [-0.05, 0) is 43.5 Å². The number of nitrogen functional groups attached to an aromatic ring is 1. The van der Waals surface area contributed by atoms with Gasteiger partial charge in [0.2, 0.25) is 0 Å². The first-order valence-corrected chi connectivity index (χ1v) is 7.25. The van der Waals surface area contributed by atoms with Crippen molar-refractivity contribution in [3.05, 3.63) is 29.6 Å². The molecule has 110 valence electrons. The number of aromatic nitrogens is 1. The van der Waals surface area contributed by atoms with Crippen LogP contribution in [-0.2, 0) is 6.54 Å². The van der Waals surface area contributed by atoms with Crippen LogP contribution in [0.3, 0.4) is 0 Å². The van der Waals surface area contributed by atoms with Gasteiger partial charge in [0.15, 0.2) is 0 Å². The lowest BCUT2D eigenvalue weighted by molar-refractivity contribution is 0.0946. The number of carbonyl (C=O) groups excluding carboxylic acids is 1. The highest BCUT2D eigenvalue weighted by Crippen LogP contribution is 2.34. The summed E-state index contributed by atoms with van der Waals surface area (Å²) in [6, 6.07) is 5.49. The van der Waals surface area contributed by atoms with Crippen molar-refractivity contribution in [2.45, 2.75) is 39.7 Å². The Morgan fingerprint density at radius 1 is 1.45 bits per heavy atom. The Kier molecular flexibility index (Phi) is 4.73. The standard InChI is InChI=1S/C15H24N4O/c1-3-15(2)7-9-19(10-8-15)11-12-5-4-6-13(17-12)14(20)18-16/h4-6H,3,7-11,16H2,1-2H3,(H,18,20). The number of carbonyl (C=O) groups is 1. The van der Waals surface area contributed by atoms with Gasteiger partial charge in [-0.3, -0.25) is 15.1 Å². The summed E-state index contributed by atoms with van der Waals surface area (Å²) in [4.78, 5) is 18.2. The van der Waals surface area contributed by atoms with Crippen LogP contribution in [0.4, 0.5) is 0 Å². The van der Waals surface area contributed by atoms with E-state index in [9.17, 15) is 4.79 Å². The van der Waals surface area contributed by atoms with Crippen LogP contribution in [0.2, 0.25) is 0 Å². The summed E-state index contributed by atoms with van der Waals surface area (Å²) in [5.74, 6) is 4.79. The normalized spacial score (nSPS) is 18.8. The molecule has 5 heteroatoms. The largest absolute Gasteiger partial charge is 0.297 e. The number of nitrogens with zero attached hydrogens (tertiary/aromatic N) is 2. The second kappa shape index (κ2) is 6.33. The van der Waals surface area contributed by atoms with Gasteiger partial charge in [-0.2, -0.15) is 0 Å². The molecule has 0 unspecified atom stereocenters. The Balaban J connectivity index is 1.96. The zero-order chi connectivity index (χ0) is 14.6. The van der Waals surface area contributed by atoms with Crippen molar-refractivity contribution in [3.8, 4) is 0 Å². The van der Waals surface area contributed by atoms with Crippen molar-refractivity contribution in [2.75, 3.05) is 13.1 Å². The molecular formula is C15H24N4O. The van der Waals surface area contributed by atoms with Crippen LogP contribution >= 0.6 is 0 Å². The number of nitrogens with two attached hydrogens (primary N) is 1. The summed E-state index contributed by atoms with van der Waals surface area (Å²) >= 11 is 0. The lowest BCUT2D eigenvalue weighted by atomic mass is 9.78. The van der Waals surface area contributed by atoms with Crippen molar-refractivity contribution in [1.82, 2.24) is 15.3 Å². The summed E-state index contributed by atoms with van der Waals surface area (Å²) in [7, 11) is 0. The molecule has 2 rings (SSSR count). The van der Waals surface area contributed by atoms with Crippen molar-refractivity contribution in [2.24, 2.45) is 11.3 Å². The average molecular weight is 276 g/mol. The predicted molar refractivity (Wildman–Crippen MR) is 78.8 cm³/mol. The molecule has 3 N–H and O–H groups in total. The smallest absolute Gasteiger partial charge is 0.283 e. The van der Waals surface area contributed by atoms with E-state index >= 15 is 0 Å². The molecule has 1 saturated heterocycles. The van der Waals surface area contributed by atoms with Gasteiger partial charge in [0, 0.05) is 6.54 Å². The summed E-state index contributed by atoms with van der Waals surface area (Å²) < 4.78 is 0. The first kappa shape index (κ1) is 14.9. The Hall–Kier alpha value is -1.46. The number of pyridine rings is 1. The van der Waals surface area contributed by atoms with Crippen LogP contribution in [0.15, 0.2) is 18.2 Å². The number of amides is 1. The van der Waals surface area contributed by atoms with E-state index in [1.165, 1.54) is 19.3 Å². The molecule has 1 fully saturated rings. The number of piperidine rings is 1. The van der Waals surface area contributed by atoms with Crippen LogP contribution < -0.4 is 11.3 Å². The van der Waals surface area contributed by atoms with Crippen molar-refractivity contribution in [1.29, 1.82) is 0 Å². The van der Waals surface area contributed by atoms with E-state index in [0.717, 1.165) is 25.3 Å². The molecule has 1 aliphatic rings. The Morgan fingerprint density at radius 2 is 2.15 bits per heavy atom. The number of likely N-dealkylation sites (tertiary alicyclic amines) is 1. The summed E-state index contributed by atoms with van der Waals surface area (Å²) in [6.07, 6.45) is 3.70. The molecule has 2 heterocycles. The number of rotatable bonds is 4. The van der Waals surface area contributed by atoms with E-state index in [-0.39, 0.29) is 5.91 Å². The molecular weight excluding hydrogens is 252 g/mol. The summed E-state index contributed by atoms with van der Waals surface area (Å²) in [6.45, 7) is 7.63. The molecule has 0 spiro atoms. The minimum atomic E-state index is -0.343. The maximum atomic E-state index is 11.5. The fourth-order valence-corrected chi connectivity index (χ4v) is 2.60. The van der Waals surface area contributed by atoms with Crippen molar-refractivity contribution >= 4 is 5.91 Å². The van der Waals surface area contributed by atoms with Crippen LogP contribution in [0.1, 0.15) is 49.3 Å². The first-order chi connectivity index (χ1) is 9.56. The zero-order valence-electron chi connectivity index (χ0n) is 12.4. The number of hydrogen-bond acceptors (Lipinski definition) is 4. The second-order valence-corrected chi connectivity index (χ2v) is 5.93. The van der Waals surface area contributed by atoms with E-state index in [0.29, 0.717) is 11.1 Å². The molecule has 1 amide bonds. The third kappa shape index (κ3) is 3.55.